The minimum absolute atomic E-state index is 0.123. The van der Waals surface area contributed by atoms with E-state index in [1.165, 1.54) is 11.1 Å². The average Bonchev–Trinajstić information content (AvgIpc) is 3.24. The van der Waals surface area contributed by atoms with Crippen LogP contribution in [0.2, 0.25) is 0 Å². The largest absolute Gasteiger partial charge is 0.486 e. The van der Waals surface area contributed by atoms with Crippen molar-refractivity contribution in [3.63, 3.8) is 0 Å². The summed E-state index contributed by atoms with van der Waals surface area (Å²) in [5.41, 5.74) is 5.09. The molecule has 0 aliphatic carbocycles. The van der Waals surface area contributed by atoms with Crippen molar-refractivity contribution in [1.29, 1.82) is 0 Å². The number of aryl methyl sites for hydroxylation is 3. The van der Waals surface area contributed by atoms with Crippen LogP contribution in [0.4, 0.5) is 0 Å². The summed E-state index contributed by atoms with van der Waals surface area (Å²) in [5.74, 6) is -0.527. The maximum atomic E-state index is 12.0. The highest BCUT2D eigenvalue weighted by Crippen LogP contribution is 2.33. The van der Waals surface area contributed by atoms with Crippen molar-refractivity contribution >= 4 is 5.97 Å². The molecule has 0 radical (unpaired) electrons. The number of carboxylic acids is 1. The van der Waals surface area contributed by atoms with Gasteiger partial charge in [0.1, 0.15) is 11.4 Å². The Hall–Kier alpha value is -3.26. The molecule has 1 N–H and O–H groups in total. The highest BCUT2D eigenvalue weighted by atomic mass is 16.5. The van der Waals surface area contributed by atoms with Crippen LogP contribution in [0.1, 0.15) is 68.0 Å². The van der Waals surface area contributed by atoms with Gasteiger partial charge in [0.2, 0.25) is 0 Å². The fourth-order valence-electron chi connectivity index (χ4n) is 5.03. The van der Waals surface area contributed by atoms with Crippen LogP contribution >= 0.6 is 0 Å². The lowest BCUT2D eigenvalue weighted by atomic mass is 9.82. The fraction of sp³-hybridized carbons (Fsp3) is 0.500. The number of benzene rings is 1. The number of hydrogen-bond donors (Lipinski definition) is 1. The molecule has 192 valence electrons. The molecule has 8 nitrogen and oxygen atoms in total. The van der Waals surface area contributed by atoms with Crippen LogP contribution in [0.25, 0.3) is 0 Å². The molecular formula is C28H37N5O3. The molecule has 0 saturated heterocycles. The molecule has 3 aromatic rings. The molecule has 1 aromatic carbocycles. The van der Waals surface area contributed by atoms with Crippen molar-refractivity contribution in [2.75, 3.05) is 6.54 Å². The van der Waals surface area contributed by atoms with Crippen molar-refractivity contribution in [3.05, 3.63) is 70.8 Å². The molecule has 2 aromatic heterocycles. The second-order valence-electron chi connectivity index (χ2n) is 10.5. The molecule has 0 fully saturated rings. The number of aliphatic carboxylic acids is 1. The van der Waals surface area contributed by atoms with Gasteiger partial charge in [-0.05, 0) is 69.2 Å². The summed E-state index contributed by atoms with van der Waals surface area (Å²) in [6.45, 7) is 13.2. The molecule has 36 heavy (non-hydrogen) atoms. The fourth-order valence-corrected chi connectivity index (χ4v) is 5.03. The van der Waals surface area contributed by atoms with Gasteiger partial charge in [0.05, 0.1) is 11.6 Å². The molecule has 2 atom stereocenters. The molecule has 0 spiro atoms. The lowest BCUT2D eigenvalue weighted by Crippen LogP contribution is -2.40. The van der Waals surface area contributed by atoms with Gasteiger partial charge in [-0.1, -0.05) is 30.3 Å². The molecule has 1 aliphatic heterocycles. The number of nitrogens with zero attached hydrogens (tertiary/aromatic N) is 5. The maximum absolute atomic E-state index is 12.0. The maximum Gasteiger partial charge on any atom is 0.306 e. The number of rotatable bonds is 9. The van der Waals surface area contributed by atoms with E-state index >= 15 is 0 Å². The normalized spacial score (nSPS) is 17.0. The van der Waals surface area contributed by atoms with Gasteiger partial charge < -0.3 is 9.84 Å². The van der Waals surface area contributed by atoms with Gasteiger partial charge in [-0.15, -0.1) is 5.10 Å². The molecular weight excluding hydrogens is 454 g/mol. The summed E-state index contributed by atoms with van der Waals surface area (Å²) in [6, 6.07) is 8.34. The minimum Gasteiger partial charge on any atom is -0.486 e. The van der Waals surface area contributed by atoms with E-state index in [0.29, 0.717) is 12.8 Å². The monoisotopic (exact) mass is 491 g/mol. The van der Waals surface area contributed by atoms with E-state index in [-0.39, 0.29) is 11.5 Å². The van der Waals surface area contributed by atoms with Gasteiger partial charge in [-0.3, -0.25) is 19.4 Å². The van der Waals surface area contributed by atoms with Gasteiger partial charge in [0.15, 0.2) is 0 Å². The van der Waals surface area contributed by atoms with E-state index in [1.807, 2.05) is 25.4 Å². The van der Waals surface area contributed by atoms with Crippen LogP contribution in [0.15, 0.2) is 42.9 Å². The smallest absolute Gasteiger partial charge is 0.306 e. The topological polar surface area (TPSA) is 93.4 Å². The number of pyridine rings is 1. The first-order valence-electron chi connectivity index (χ1n) is 12.7. The van der Waals surface area contributed by atoms with E-state index in [4.69, 9.17) is 4.74 Å². The Kier molecular flexibility index (Phi) is 7.73. The van der Waals surface area contributed by atoms with E-state index in [1.54, 1.807) is 17.8 Å². The molecule has 1 aliphatic rings. The van der Waals surface area contributed by atoms with Crippen molar-refractivity contribution < 1.29 is 14.6 Å². The second kappa shape index (κ2) is 10.8. The number of ether oxygens (including phenoxy) is 1. The van der Waals surface area contributed by atoms with Crippen LogP contribution in [0.3, 0.4) is 0 Å². The van der Waals surface area contributed by atoms with E-state index in [0.717, 1.165) is 48.7 Å². The van der Waals surface area contributed by atoms with Crippen molar-refractivity contribution in [2.45, 2.75) is 78.6 Å². The minimum atomic E-state index is -0.783. The molecule has 8 heteroatoms. The van der Waals surface area contributed by atoms with Crippen LogP contribution in [-0.4, -0.2) is 48.1 Å². The van der Waals surface area contributed by atoms with E-state index in [2.05, 4.69) is 59.2 Å². The zero-order valence-corrected chi connectivity index (χ0v) is 21.9. The number of carbonyl (C=O) groups is 1. The van der Waals surface area contributed by atoms with E-state index in [9.17, 15) is 9.90 Å². The van der Waals surface area contributed by atoms with Gasteiger partial charge >= 0.3 is 5.97 Å². The lowest BCUT2D eigenvalue weighted by Gasteiger charge is -2.30. The quantitative estimate of drug-likeness (QED) is 0.467. The van der Waals surface area contributed by atoms with Crippen LogP contribution < -0.4 is 4.74 Å². The third kappa shape index (κ3) is 6.10. The number of aromatic nitrogens is 4. The summed E-state index contributed by atoms with van der Waals surface area (Å²) < 4.78 is 8.09. The highest BCUT2D eigenvalue weighted by molar-refractivity contribution is 5.71. The predicted molar refractivity (Wildman–Crippen MR) is 138 cm³/mol. The molecule has 3 heterocycles. The summed E-state index contributed by atoms with van der Waals surface area (Å²) in [5, 5.41) is 18.2. The Labute approximate surface area is 213 Å². The molecule has 0 bridgehead atoms. The Morgan fingerprint density at radius 2 is 2.08 bits per heavy atom. The Morgan fingerprint density at radius 3 is 2.81 bits per heavy atom. The summed E-state index contributed by atoms with van der Waals surface area (Å²) in [6.07, 6.45) is 6.98. The van der Waals surface area contributed by atoms with Gasteiger partial charge in [-0.2, -0.15) is 0 Å². The van der Waals surface area contributed by atoms with Crippen molar-refractivity contribution in [3.8, 4) is 5.75 Å². The first-order chi connectivity index (χ1) is 17.1. The third-order valence-corrected chi connectivity index (χ3v) is 7.05. The molecule has 4 rings (SSSR count). The Morgan fingerprint density at radius 1 is 1.28 bits per heavy atom. The first-order valence-corrected chi connectivity index (χ1v) is 12.7. The summed E-state index contributed by atoms with van der Waals surface area (Å²) in [7, 11) is 0. The number of fused-ring (bicyclic) bond motifs is 1. The zero-order chi connectivity index (χ0) is 25.9. The number of carboxylic acid groups (broad SMARTS) is 1. The van der Waals surface area contributed by atoms with Gasteiger partial charge in [0.25, 0.3) is 0 Å². The number of hydrogen-bond acceptors (Lipinski definition) is 6. The van der Waals surface area contributed by atoms with E-state index < -0.39 is 11.9 Å². The predicted octanol–water partition coefficient (Wildman–Crippen LogP) is 4.61. The van der Waals surface area contributed by atoms with Crippen LogP contribution in [-0.2, 0) is 30.8 Å². The second-order valence-corrected chi connectivity index (χ2v) is 10.5. The Balaban J connectivity index is 1.58. The average molecular weight is 492 g/mol. The third-order valence-electron chi connectivity index (χ3n) is 7.05. The van der Waals surface area contributed by atoms with Gasteiger partial charge in [0, 0.05) is 50.3 Å². The van der Waals surface area contributed by atoms with Gasteiger partial charge in [-0.25, -0.2) is 0 Å². The summed E-state index contributed by atoms with van der Waals surface area (Å²) in [4.78, 5) is 18.7. The molecule has 0 amide bonds. The molecule has 2 unspecified atom stereocenters. The SMILES string of the molecule is CCn1cc(CCC(c2ccc(C)c(CN3Cc4cnccc4OC(C)(C)C3)c2)C(C)C(=O)O)nn1. The Bertz CT molecular complexity index is 1210. The summed E-state index contributed by atoms with van der Waals surface area (Å²) >= 11 is 0. The van der Waals surface area contributed by atoms with Crippen LogP contribution in [0.5, 0.6) is 5.75 Å². The lowest BCUT2D eigenvalue weighted by molar-refractivity contribution is -0.142. The van der Waals surface area contributed by atoms with Crippen molar-refractivity contribution in [2.24, 2.45) is 5.92 Å². The van der Waals surface area contributed by atoms with Crippen molar-refractivity contribution in [1.82, 2.24) is 24.9 Å². The van der Waals surface area contributed by atoms with Crippen LogP contribution in [0, 0.1) is 12.8 Å². The standard InChI is InChI=1S/C28H37N5O3/c1-6-33-17-24(30-31-33)9-10-25(20(3)27(34)35)21-8-7-19(2)22(13-21)15-32-16-23-14-29-12-11-26(23)36-28(4,5)18-32/h7-8,11-14,17,20,25H,6,9-10,15-16,18H2,1-5H3,(H,34,35). The zero-order valence-electron chi connectivity index (χ0n) is 21.9. The highest BCUT2D eigenvalue weighted by Gasteiger charge is 2.30. The molecule has 0 saturated carbocycles. The first kappa shape index (κ1) is 25.8.